The van der Waals surface area contributed by atoms with Crippen LogP contribution in [0.1, 0.15) is 39.0 Å². The average Bonchev–Trinajstić information content (AvgIpc) is 3.31. The van der Waals surface area contributed by atoms with Crippen LogP contribution in [-0.2, 0) is 12.4 Å². The molecule has 0 aliphatic heterocycles. The Morgan fingerprint density at radius 2 is 1.65 bits per heavy atom. The molecule has 1 heterocycles. The summed E-state index contributed by atoms with van der Waals surface area (Å²) >= 11 is 3.22. The second-order valence-electron chi connectivity index (χ2n) is 7.51. The van der Waals surface area contributed by atoms with E-state index in [-0.39, 0.29) is 5.91 Å². The summed E-state index contributed by atoms with van der Waals surface area (Å²) in [5.41, 5.74) is 7.04. The molecule has 0 unspecified atom stereocenters. The maximum absolute atomic E-state index is 12.5. The number of amides is 1. The van der Waals surface area contributed by atoms with E-state index in [1.807, 2.05) is 80.6 Å². The molecule has 0 saturated heterocycles. The Hall–Kier alpha value is -3.49. The number of aromatic nitrogens is 2. The summed E-state index contributed by atoms with van der Waals surface area (Å²) in [4.78, 5) is 12.5. The zero-order valence-corrected chi connectivity index (χ0v) is 20.5. The zero-order chi connectivity index (χ0) is 23.8. The third kappa shape index (κ3) is 6.76. The summed E-state index contributed by atoms with van der Waals surface area (Å²) < 4.78 is 6.76. The van der Waals surface area contributed by atoms with Crippen LogP contribution in [0.2, 0.25) is 0 Å². The van der Waals surface area contributed by atoms with E-state index in [4.69, 9.17) is 4.74 Å². The number of nitrogens with zero attached hydrogens (tertiary/aromatic N) is 3. The molecule has 0 saturated carbocycles. The van der Waals surface area contributed by atoms with Crippen molar-refractivity contribution in [2.24, 2.45) is 5.10 Å². The molecule has 0 atom stereocenters. The van der Waals surface area contributed by atoms with Crippen molar-refractivity contribution in [2.45, 2.75) is 30.5 Å². The Morgan fingerprint density at radius 3 is 2.32 bits per heavy atom. The predicted molar refractivity (Wildman–Crippen MR) is 138 cm³/mol. The number of hydrogen-bond acceptors (Lipinski definition) is 7. The molecule has 6 nitrogen and oxygen atoms in total. The summed E-state index contributed by atoms with van der Waals surface area (Å²) in [5, 5.41) is 13.3. The van der Waals surface area contributed by atoms with Crippen LogP contribution >= 0.6 is 23.1 Å². The Bertz CT molecular complexity index is 1250. The molecule has 3 aromatic carbocycles. The van der Waals surface area contributed by atoms with Gasteiger partial charge in [0.15, 0.2) is 4.34 Å². The van der Waals surface area contributed by atoms with E-state index in [1.54, 1.807) is 35.2 Å². The fourth-order valence-electron chi connectivity index (χ4n) is 3.03. The van der Waals surface area contributed by atoms with Crippen molar-refractivity contribution in [1.29, 1.82) is 0 Å². The highest BCUT2D eigenvalue weighted by molar-refractivity contribution is 8.00. The predicted octanol–water partition coefficient (Wildman–Crippen LogP) is 5.87. The molecule has 4 aromatic rings. The van der Waals surface area contributed by atoms with Crippen molar-refractivity contribution in [1.82, 2.24) is 15.6 Å². The molecule has 1 amide bonds. The lowest BCUT2D eigenvalue weighted by molar-refractivity contribution is 0.0955. The van der Waals surface area contributed by atoms with E-state index in [0.717, 1.165) is 37.5 Å². The van der Waals surface area contributed by atoms with Gasteiger partial charge in [-0.3, -0.25) is 4.79 Å². The van der Waals surface area contributed by atoms with Gasteiger partial charge >= 0.3 is 0 Å². The molecular weight excluding hydrogens is 464 g/mol. The largest absolute Gasteiger partial charge is 0.489 e. The Balaban J connectivity index is 1.27. The average molecular weight is 489 g/mol. The van der Waals surface area contributed by atoms with Gasteiger partial charge in [-0.15, -0.1) is 10.2 Å². The number of aryl methyl sites for hydroxylation is 1. The van der Waals surface area contributed by atoms with Gasteiger partial charge < -0.3 is 4.74 Å². The van der Waals surface area contributed by atoms with Crippen LogP contribution < -0.4 is 10.2 Å². The van der Waals surface area contributed by atoms with Gasteiger partial charge in [0, 0.05) is 11.3 Å². The van der Waals surface area contributed by atoms with Crippen LogP contribution in [0, 0.1) is 6.92 Å². The van der Waals surface area contributed by atoms with E-state index < -0.39 is 0 Å². The van der Waals surface area contributed by atoms with Gasteiger partial charge in [-0.2, -0.15) is 5.10 Å². The highest BCUT2D eigenvalue weighted by Crippen LogP contribution is 2.25. The molecular formula is C26H24N4O2S2. The first-order chi connectivity index (χ1) is 16.6. The molecule has 0 radical (unpaired) electrons. The van der Waals surface area contributed by atoms with Crippen molar-refractivity contribution < 1.29 is 9.53 Å². The molecule has 34 heavy (non-hydrogen) atoms. The van der Waals surface area contributed by atoms with Crippen LogP contribution in [0.4, 0.5) is 0 Å². The second-order valence-corrected chi connectivity index (χ2v) is 9.91. The molecule has 4 rings (SSSR count). The van der Waals surface area contributed by atoms with Crippen LogP contribution in [0.15, 0.2) is 88.3 Å². The number of ether oxygens (including phenoxy) is 1. The summed E-state index contributed by atoms with van der Waals surface area (Å²) in [5.74, 6) is 1.31. The van der Waals surface area contributed by atoms with Gasteiger partial charge in [0.25, 0.3) is 5.91 Å². The van der Waals surface area contributed by atoms with Gasteiger partial charge in [-0.25, -0.2) is 5.43 Å². The maximum atomic E-state index is 12.5. The molecule has 172 valence electrons. The Kier molecular flexibility index (Phi) is 8.06. The smallest absolute Gasteiger partial charge is 0.271 e. The number of carbonyl (C=O) groups excluding carboxylic acids is 1. The van der Waals surface area contributed by atoms with Crippen molar-refractivity contribution in [3.8, 4) is 5.75 Å². The molecule has 0 aliphatic carbocycles. The minimum Gasteiger partial charge on any atom is -0.489 e. The number of carbonyl (C=O) groups is 1. The van der Waals surface area contributed by atoms with Gasteiger partial charge in [-0.05, 0) is 66.9 Å². The lowest BCUT2D eigenvalue weighted by Crippen LogP contribution is -2.19. The highest BCUT2D eigenvalue weighted by atomic mass is 32.2. The fourth-order valence-corrected chi connectivity index (χ4v) is 4.80. The lowest BCUT2D eigenvalue weighted by Gasteiger charge is -2.08. The van der Waals surface area contributed by atoms with Gasteiger partial charge in [0.1, 0.15) is 17.4 Å². The standard InChI is InChI=1S/C26H24N4O2S2/c1-18(22-12-14-24(15-13-22)32-16-20-6-4-3-5-7-20)27-29-25(31)23-10-8-21(9-11-23)17-33-26-30-28-19(2)34-26/h3-15H,16-17H2,1-2H3,(H,29,31). The summed E-state index contributed by atoms with van der Waals surface area (Å²) in [6.07, 6.45) is 0. The van der Waals surface area contributed by atoms with Crippen molar-refractivity contribution in [2.75, 3.05) is 0 Å². The topological polar surface area (TPSA) is 76.5 Å². The van der Waals surface area contributed by atoms with Crippen molar-refractivity contribution >= 4 is 34.7 Å². The number of nitrogens with one attached hydrogen (secondary N) is 1. The van der Waals surface area contributed by atoms with Crippen LogP contribution in [0.25, 0.3) is 0 Å². The minimum atomic E-state index is -0.249. The normalized spacial score (nSPS) is 11.3. The number of thioether (sulfide) groups is 1. The first kappa shape index (κ1) is 23.7. The van der Waals surface area contributed by atoms with Crippen LogP contribution in [-0.4, -0.2) is 21.8 Å². The summed E-state index contributed by atoms with van der Waals surface area (Å²) in [6.45, 7) is 4.31. The van der Waals surface area contributed by atoms with E-state index in [2.05, 4.69) is 20.7 Å². The number of hydrazone groups is 1. The zero-order valence-electron chi connectivity index (χ0n) is 18.9. The van der Waals surface area contributed by atoms with Crippen molar-refractivity contribution in [3.63, 3.8) is 0 Å². The SMILES string of the molecule is CC(=NNC(=O)c1ccc(CSc2nnc(C)s2)cc1)c1ccc(OCc2ccccc2)cc1. The third-order valence-electron chi connectivity index (χ3n) is 4.93. The van der Waals surface area contributed by atoms with E-state index in [1.165, 1.54) is 0 Å². The van der Waals surface area contributed by atoms with E-state index in [9.17, 15) is 4.79 Å². The summed E-state index contributed by atoms with van der Waals surface area (Å²) in [6, 6.07) is 25.2. The fraction of sp³-hybridized carbons (Fsp3) is 0.154. The molecule has 0 spiro atoms. The quantitative estimate of drug-likeness (QED) is 0.181. The van der Waals surface area contributed by atoms with Gasteiger partial charge in [-0.1, -0.05) is 65.6 Å². The lowest BCUT2D eigenvalue weighted by atomic mass is 10.1. The minimum absolute atomic E-state index is 0.249. The summed E-state index contributed by atoms with van der Waals surface area (Å²) in [7, 11) is 0. The van der Waals surface area contributed by atoms with Crippen molar-refractivity contribution in [3.05, 3.63) is 106 Å². The monoisotopic (exact) mass is 488 g/mol. The molecule has 0 bridgehead atoms. The van der Waals surface area contributed by atoms with Crippen LogP contribution in [0.5, 0.6) is 5.75 Å². The second kappa shape index (κ2) is 11.6. The number of rotatable bonds is 9. The first-order valence-electron chi connectivity index (χ1n) is 10.7. The van der Waals surface area contributed by atoms with E-state index in [0.29, 0.717) is 17.9 Å². The molecule has 1 aromatic heterocycles. The molecule has 8 heteroatoms. The molecule has 0 aliphatic rings. The van der Waals surface area contributed by atoms with Crippen LogP contribution in [0.3, 0.4) is 0 Å². The number of benzene rings is 3. The third-order valence-corrected chi connectivity index (χ3v) is 6.97. The first-order valence-corrected chi connectivity index (χ1v) is 12.5. The van der Waals surface area contributed by atoms with Gasteiger partial charge in [0.05, 0.1) is 5.71 Å². The maximum Gasteiger partial charge on any atom is 0.271 e. The Labute approximate surface area is 207 Å². The number of hydrogen-bond donors (Lipinski definition) is 1. The van der Waals surface area contributed by atoms with E-state index >= 15 is 0 Å². The highest BCUT2D eigenvalue weighted by Gasteiger charge is 2.07. The molecule has 0 fully saturated rings. The molecule has 1 N–H and O–H groups in total. The van der Waals surface area contributed by atoms with Gasteiger partial charge in [0.2, 0.25) is 0 Å². The Morgan fingerprint density at radius 1 is 0.941 bits per heavy atom.